The number of fused-ring (bicyclic) bond motifs is 2. The summed E-state index contributed by atoms with van der Waals surface area (Å²) in [5, 5.41) is 1.16. The van der Waals surface area contributed by atoms with Crippen LogP contribution >= 0.6 is 0 Å². The van der Waals surface area contributed by atoms with Crippen molar-refractivity contribution in [3.63, 3.8) is 0 Å². The summed E-state index contributed by atoms with van der Waals surface area (Å²) in [5.41, 5.74) is 9.67. The van der Waals surface area contributed by atoms with Gasteiger partial charge in [-0.2, -0.15) is 0 Å². The van der Waals surface area contributed by atoms with E-state index in [1.54, 1.807) is 11.5 Å². The van der Waals surface area contributed by atoms with Crippen molar-refractivity contribution < 1.29 is 0 Å². The lowest BCUT2D eigenvalue weighted by Crippen LogP contribution is -2.45. The van der Waals surface area contributed by atoms with Gasteiger partial charge < -0.3 is 20.2 Å². The average molecular weight is 415 g/mol. The van der Waals surface area contributed by atoms with E-state index >= 15 is 0 Å². The normalized spacial score (nSPS) is 16.6. The number of aromatic amines is 1. The fraction of sp³-hybridized carbons (Fsp3) is 0.333. The second-order valence-electron chi connectivity index (χ2n) is 8.12. The molecule has 1 aliphatic heterocycles. The third-order valence-corrected chi connectivity index (χ3v) is 6.02. The Labute approximate surface area is 180 Å². The summed E-state index contributed by atoms with van der Waals surface area (Å²) < 4.78 is 3.68. The Hall–Kier alpha value is -3.50. The molecule has 0 radical (unpaired) electrons. The predicted octanol–water partition coefficient (Wildman–Crippen LogP) is 2.68. The van der Waals surface area contributed by atoms with Gasteiger partial charge in [0.25, 0.3) is 5.56 Å². The van der Waals surface area contributed by atoms with Crippen LogP contribution < -0.4 is 16.2 Å². The second-order valence-corrected chi connectivity index (χ2v) is 8.12. The highest BCUT2D eigenvalue weighted by molar-refractivity contribution is 5.83. The van der Waals surface area contributed by atoms with Gasteiger partial charge >= 0.3 is 0 Å². The molecule has 0 aliphatic carbocycles. The Morgan fingerprint density at radius 3 is 3.00 bits per heavy atom. The summed E-state index contributed by atoms with van der Waals surface area (Å²) >= 11 is 0. The molecule has 0 amide bonds. The largest absolute Gasteiger partial charge is 0.361 e. The van der Waals surface area contributed by atoms with Crippen LogP contribution in [0, 0.1) is 11.8 Å². The molecule has 0 unspecified atom stereocenters. The van der Waals surface area contributed by atoms with Crippen molar-refractivity contribution in [3.8, 4) is 11.8 Å². The number of piperidine rings is 1. The van der Waals surface area contributed by atoms with Gasteiger partial charge in [-0.3, -0.25) is 9.36 Å². The lowest BCUT2D eigenvalue weighted by molar-refractivity contribution is 0.492. The molecule has 7 heteroatoms. The molecular formula is C24H26N6O. The van der Waals surface area contributed by atoms with Crippen LogP contribution in [0.3, 0.4) is 0 Å². The second kappa shape index (κ2) is 7.97. The highest BCUT2D eigenvalue weighted by Gasteiger charge is 2.23. The Morgan fingerprint density at radius 1 is 1.29 bits per heavy atom. The van der Waals surface area contributed by atoms with Crippen LogP contribution in [0.4, 0.5) is 5.95 Å². The number of nitrogens with one attached hydrogen (secondary N) is 1. The Balaban J connectivity index is 1.61. The first-order valence-corrected chi connectivity index (χ1v) is 10.7. The minimum absolute atomic E-state index is 0.0632. The average Bonchev–Trinajstić information content (AvgIpc) is 3.38. The SMILES string of the molecule is CC#CCn1c(N2CCC[C@@H](N)C2)nc2ccn(Cc3c[nH]c4ccccc34)c2c1=O. The number of rotatable bonds is 4. The molecule has 1 aliphatic rings. The third kappa shape index (κ3) is 3.49. The van der Waals surface area contributed by atoms with Gasteiger partial charge in [0.05, 0.1) is 12.1 Å². The molecule has 0 saturated carbocycles. The topological polar surface area (TPSA) is 84.9 Å². The lowest BCUT2D eigenvalue weighted by Gasteiger charge is -2.32. The fourth-order valence-corrected chi connectivity index (χ4v) is 4.48. The maximum absolute atomic E-state index is 13.6. The smallest absolute Gasteiger partial charge is 0.280 e. The molecule has 0 spiro atoms. The molecule has 0 bridgehead atoms. The number of para-hydroxylation sites is 1. The highest BCUT2D eigenvalue weighted by Crippen LogP contribution is 2.23. The number of hydrogen-bond acceptors (Lipinski definition) is 4. The van der Waals surface area contributed by atoms with Crippen molar-refractivity contribution in [1.82, 2.24) is 19.1 Å². The fourth-order valence-electron chi connectivity index (χ4n) is 4.48. The van der Waals surface area contributed by atoms with Gasteiger partial charge in [0.1, 0.15) is 5.52 Å². The quantitative estimate of drug-likeness (QED) is 0.503. The molecule has 1 aromatic carbocycles. The Bertz CT molecular complexity index is 1370. The Kier molecular flexibility index (Phi) is 5.00. The Morgan fingerprint density at radius 2 is 2.16 bits per heavy atom. The zero-order chi connectivity index (χ0) is 21.4. The summed E-state index contributed by atoms with van der Waals surface area (Å²) in [7, 11) is 0. The zero-order valence-corrected chi connectivity index (χ0v) is 17.6. The number of benzene rings is 1. The van der Waals surface area contributed by atoms with E-state index in [1.165, 1.54) is 0 Å². The molecule has 4 heterocycles. The van der Waals surface area contributed by atoms with Crippen LogP contribution in [0.25, 0.3) is 21.9 Å². The van der Waals surface area contributed by atoms with Gasteiger partial charge in [-0.25, -0.2) is 4.98 Å². The van der Waals surface area contributed by atoms with Crippen molar-refractivity contribution >= 4 is 27.9 Å². The van der Waals surface area contributed by atoms with E-state index in [0.29, 0.717) is 36.6 Å². The van der Waals surface area contributed by atoms with Crippen molar-refractivity contribution in [1.29, 1.82) is 0 Å². The first-order valence-electron chi connectivity index (χ1n) is 10.7. The van der Waals surface area contributed by atoms with Crippen molar-refractivity contribution in [2.45, 2.75) is 38.9 Å². The van der Waals surface area contributed by atoms with Gasteiger partial charge in [-0.15, -0.1) is 5.92 Å². The maximum atomic E-state index is 13.6. The van der Waals surface area contributed by atoms with E-state index in [4.69, 9.17) is 10.7 Å². The van der Waals surface area contributed by atoms with Crippen LogP contribution in [0.5, 0.6) is 0 Å². The molecule has 1 atom stereocenters. The summed E-state index contributed by atoms with van der Waals surface area (Å²) in [6.45, 7) is 4.25. The van der Waals surface area contributed by atoms with Crippen LogP contribution in [0.15, 0.2) is 47.5 Å². The van der Waals surface area contributed by atoms with Gasteiger partial charge in [0.2, 0.25) is 5.95 Å². The first kappa shape index (κ1) is 19.5. The van der Waals surface area contributed by atoms with E-state index in [9.17, 15) is 4.79 Å². The van der Waals surface area contributed by atoms with Crippen LogP contribution in [0.1, 0.15) is 25.3 Å². The molecule has 4 aromatic rings. The number of anilines is 1. The van der Waals surface area contributed by atoms with E-state index in [2.05, 4.69) is 33.9 Å². The monoisotopic (exact) mass is 414 g/mol. The molecule has 1 fully saturated rings. The minimum atomic E-state index is -0.0632. The zero-order valence-electron chi connectivity index (χ0n) is 17.6. The number of hydrogen-bond donors (Lipinski definition) is 2. The number of aromatic nitrogens is 4. The maximum Gasteiger partial charge on any atom is 0.280 e. The van der Waals surface area contributed by atoms with E-state index in [0.717, 1.165) is 35.9 Å². The van der Waals surface area contributed by atoms with Gasteiger partial charge in [-0.05, 0) is 37.5 Å². The predicted molar refractivity (Wildman–Crippen MR) is 124 cm³/mol. The van der Waals surface area contributed by atoms with E-state index in [1.807, 2.05) is 35.2 Å². The van der Waals surface area contributed by atoms with Crippen LogP contribution in [-0.2, 0) is 13.1 Å². The van der Waals surface area contributed by atoms with E-state index in [-0.39, 0.29) is 11.6 Å². The van der Waals surface area contributed by atoms with Gasteiger partial charge in [0.15, 0.2) is 0 Å². The van der Waals surface area contributed by atoms with Crippen LogP contribution in [-0.4, -0.2) is 38.2 Å². The standard InChI is InChI=1S/C24H26N6O/c1-2-3-12-30-23(31)22-21(27-24(30)29-11-6-7-18(25)16-29)10-13-28(22)15-17-14-26-20-9-5-4-8-19(17)20/h4-5,8-10,13-14,18,26H,6-7,11-12,15-16,25H2,1H3/t18-/m1/s1. The van der Waals surface area contributed by atoms with E-state index < -0.39 is 0 Å². The first-order chi connectivity index (χ1) is 15.2. The molecule has 3 aromatic heterocycles. The van der Waals surface area contributed by atoms with Crippen molar-refractivity contribution in [2.24, 2.45) is 5.73 Å². The van der Waals surface area contributed by atoms with Crippen LogP contribution in [0.2, 0.25) is 0 Å². The summed E-state index contributed by atoms with van der Waals surface area (Å²) in [6.07, 6.45) is 5.95. The summed E-state index contributed by atoms with van der Waals surface area (Å²) in [5.74, 6) is 6.61. The number of nitrogens with two attached hydrogens (primary N) is 1. The van der Waals surface area contributed by atoms with Crippen molar-refractivity contribution in [2.75, 3.05) is 18.0 Å². The van der Waals surface area contributed by atoms with Gasteiger partial charge in [0, 0.05) is 49.0 Å². The van der Waals surface area contributed by atoms with Gasteiger partial charge in [-0.1, -0.05) is 24.1 Å². The molecule has 158 valence electrons. The molecule has 5 rings (SSSR count). The molecule has 3 N–H and O–H groups in total. The molecular weight excluding hydrogens is 388 g/mol. The highest BCUT2D eigenvalue weighted by atomic mass is 16.1. The summed E-state index contributed by atoms with van der Waals surface area (Å²) in [6, 6.07) is 10.2. The summed E-state index contributed by atoms with van der Waals surface area (Å²) in [4.78, 5) is 24.0. The third-order valence-electron chi connectivity index (χ3n) is 6.02. The minimum Gasteiger partial charge on any atom is -0.361 e. The lowest BCUT2D eigenvalue weighted by atomic mass is 10.1. The molecule has 1 saturated heterocycles. The molecule has 7 nitrogen and oxygen atoms in total. The number of nitrogens with zero attached hydrogens (tertiary/aromatic N) is 4. The number of H-pyrrole nitrogens is 1. The molecule has 31 heavy (non-hydrogen) atoms. The van der Waals surface area contributed by atoms with Crippen molar-refractivity contribution in [3.05, 3.63) is 58.6 Å².